The molecule has 0 bridgehead atoms. The number of hydrogen-bond donors (Lipinski definition) is 1. The van der Waals surface area contributed by atoms with E-state index in [9.17, 15) is 8.78 Å². The molecule has 1 fully saturated rings. The third kappa shape index (κ3) is 3.36. The average molecular weight is 282 g/mol. The van der Waals surface area contributed by atoms with Crippen LogP contribution in [0.25, 0.3) is 0 Å². The van der Waals surface area contributed by atoms with Crippen molar-refractivity contribution >= 4 is 0 Å². The second-order valence-electron chi connectivity index (χ2n) is 5.74. The van der Waals surface area contributed by atoms with E-state index in [-0.39, 0.29) is 17.7 Å². The van der Waals surface area contributed by atoms with E-state index in [4.69, 9.17) is 5.73 Å². The Kier molecular flexibility index (Phi) is 5.11. The van der Waals surface area contributed by atoms with Gasteiger partial charge in [0.1, 0.15) is 11.6 Å². The molecular formula is C16H24F2N2. The first kappa shape index (κ1) is 15.4. The van der Waals surface area contributed by atoms with Crippen molar-refractivity contribution < 1.29 is 8.78 Å². The van der Waals surface area contributed by atoms with Crippen LogP contribution in [0.3, 0.4) is 0 Å². The Balaban J connectivity index is 2.16. The summed E-state index contributed by atoms with van der Waals surface area (Å²) < 4.78 is 27.3. The lowest BCUT2D eigenvalue weighted by atomic mass is 9.89. The van der Waals surface area contributed by atoms with Crippen molar-refractivity contribution in [3.05, 3.63) is 35.4 Å². The van der Waals surface area contributed by atoms with Gasteiger partial charge >= 0.3 is 0 Å². The van der Waals surface area contributed by atoms with Gasteiger partial charge in [0, 0.05) is 23.7 Å². The maximum Gasteiger partial charge on any atom is 0.128 e. The van der Waals surface area contributed by atoms with Crippen molar-refractivity contribution in [2.75, 3.05) is 6.54 Å². The SMILES string of the molecule is CCN(C1CCC(N)CC1)C(C)c1cc(F)ccc1F. The Morgan fingerprint density at radius 2 is 1.90 bits per heavy atom. The zero-order chi connectivity index (χ0) is 14.7. The number of hydrogen-bond acceptors (Lipinski definition) is 2. The molecule has 112 valence electrons. The van der Waals surface area contributed by atoms with Crippen molar-refractivity contribution in [2.45, 2.75) is 57.7 Å². The van der Waals surface area contributed by atoms with E-state index in [2.05, 4.69) is 11.8 Å². The van der Waals surface area contributed by atoms with Crippen LogP contribution < -0.4 is 5.73 Å². The Hall–Kier alpha value is -1.00. The third-order valence-electron chi connectivity index (χ3n) is 4.48. The van der Waals surface area contributed by atoms with Gasteiger partial charge in [0.25, 0.3) is 0 Å². The highest BCUT2D eigenvalue weighted by molar-refractivity contribution is 5.22. The van der Waals surface area contributed by atoms with E-state index in [0.717, 1.165) is 32.2 Å². The Labute approximate surface area is 120 Å². The fourth-order valence-corrected chi connectivity index (χ4v) is 3.29. The van der Waals surface area contributed by atoms with Crippen molar-refractivity contribution in [1.29, 1.82) is 0 Å². The fourth-order valence-electron chi connectivity index (χ4n) is 3.29. The minimum absolute atomic E-state index is 0.116. The molecule has 1 aliphatic carbocycles. The van der Waals surface area contributed by atoms with Crippen LogP contribution in [0.15, 0.2) is 18.2 Å². The summed E-state index contributed by atoms with van der Waals surface area (Å²) in [6.45, 7) is 4.86. The molecule has 1 saturated carbocycles. The van der Waals surface area contributed by atoms with E-state index < -0.39 is 0 Å². The summed E-state index contributed by atoms with van der Waals surface area (Å²) in [5, 5.41) is 0. The molecule has 20 heavy (non-hydrogen) atoms. The van der Waals surface area contributed by atoms with Crippen LogP contribution >= 0.6 is 0 Å². The number of benzene rings is 1. The Morgan fingerprint density at radius 1 is 1.25 bits per heavy atom. The van der Waals surface area contributed by atoms with Crippen molar-refractivity contribution in [2.24, 2.45) is 5.73 Å². The molecule has 1 aliphatic rings. The van der Waals surface area contributed by atoms with E-state index in [1.807, 2.05) is 6.92 Å². The first-order valence-corrected chi connectivity index (χ1v) is 7.49. The first-order chi connectivity index (χ1) is 9.52. The van der Waals surface area contributed by atoms with Gasteiger partial charge in [-0.15, -0.1) is 0 Å². The summed E-state index contributed by atoms with van der Waals surface area (Å²) in [6, 6.07) is 4.29. The van der Waals surface area contributed by atoms with Crippen LogP contribution in [0.4, 0.5) is 8.78 Å². The quantitative estimate of drug-likeness (QED) is 0.914. The average Bonchev–Trinajstić information content (AvgIpc) is 2.44. The molecule has 1 unspecified atom stereocenters. The van der Waals surface area contributed by atoms with E-state index >= 15 is 0 Å². The van der Waals surface area contributed by atoms with Crippen LogP contribution in [0.2, 0.25) is 0 Å². The number of halogens is 2. The lowest BCUT2D eigenvalue weighted by molar-refractivity contribution is 0.112. The minimum Gasteiger partial charge on any atom is -0.328 e. The van der Waals surface area contributed by atoms with Gasteiger partial charge in [-0.1, -0.05) is 6.92 Å². The van der Waals surface area contributed by atoms with Gasteiger partial charge in [0.05, 0.1) is 0 Å². The second-order valence-corrected chi connectivity index (χ2v) is 5.74. The van der Waals surface area contributed by atoms with Gasteiger partial charge in [0.2, 0.25) is 0 Å². The largest absolute Gasteiger partial charge is 0.328 e. The molecule has 0 radical (unpaired) electrons. The molecule has 1 aromatic rings. The van der Waals surface area contributed by atoms with Crippen LogP contribution in [0, 0.1) is 11.6 Å². The van der Waals surface area contributed by atoms with Gasteiger partial charge < -0.3 is 5.73 Å². The summed E-state index contributed by atoms with van der Waals surface area (Å²) >= 11 is 0. The monoisotopic (exact) mass is 282 g/mol. The van der Waals surface area contributed by atoms with Crippen molar-refractivity contribution in [3.63, 3.8) is 0 Å². The highest BCUT2D eigenvalue weighted by Crippen LogP contribution is 2.31. The predicted octanol–water partition coefficient (Wildman–Crippen LogP) is 3.62. The number of rotatable bonds is 4. The molecule has 0 saturated heterocycles. The van der Waals surface area contributed by atoms with Gasteiger partial charge in [-0.2, -0.15) is 0 Å². The van der Waals surface area contributed by atoms with Gasteiger partial charge in [-0.25, -0.2) is 8.78 Å². The lowest BCUT2D eigenvalue weighted by Gasteiger charge is -2.39. The maximum atomic E-state index is 13.9. The topological polar surface area (TPSA) is 29.3 Å². The highest BCUT2D eigenvalue weighted by atomic mass is 19.1. The molecule has 1 atom stereocenters. The van der Waals surface area contributed by atoms with Crippen LogP contribution in [-0.4, -0.2) is 23.5 Å². The first-order valence-electron chi connectivity index (χ1n) is 7.49. The molecule has 0 aliphatic heterocycles. The van der Waals surface area contributed by atoms with E-state index in [0.29, 0.717) is 17.6 Å². The zero-order valence-electron chi connectivity index (χ0n) is 12.3. The molecular weight excluding hydrogens is 258 g/mol. The standard InChI is InChI=1S/C16H24F2N2/c1-3-20(14-7-5-13(19)6-8-14)11(2)15-10-12(17)4-9-16(15)18/h4,9-11,13-14H,3,5-8,19H2,1-2H3. The molecule has 0 amide bonds. The normalized spacial score (nSPS) is 24.9. The van der Waals surface area contributed by atoms with Gasteiger partial charge in [-0.3, -0.25) is 4.90 Å². The Bertz CT molecular complexity index is 442. The van der Waals surface area contributed by atoms with Gasteiger partial charge in [-0.05, 0) is 57.4 Å². The molecule has 0 aromatic heterocycles. The molecule has 4 heteroatoms. The second kappa shape index (κ2) is 6.64. The summed E-state index contributed by atoms with van der Waals surface area (Å²) in [4.78, 5) is 2.27. The predicted molar refractivity (Wildman–Crippen MR) is 77.4 cm³/mol. The summed E-state index contributed by atoms with van der Waals surface area (Å²) in [6.07, 6.45) is 4.10. The minimum atomic E-state index is -0.380. The number of nitrogens with two attached hydrogens (primary N) is 1. The van der Waals surface area contributed by atoms with Crippen LogP contribution in [0.5, 0.6) is 0 Å². The molecule has 2 N–H and O–H groups in total. The van der Waals surface area contributed by atoms with E-state index in [1.165, 1.54) is 18.2 Å². The van der Waals surface area contributed by atoms with Crippen molar-refractivity contribution in [3.8, 4) is 0 Å². The fraction of sp³-hybridized carbons (Fsp3) is 0.625. The summed E-state index contributed by atoms with van der Waals surface area (Å²) in [7, 11) is 0. The molecule has 2 rings (SSSR count). The lowest BCUT2D eigenvalue weighted by Crippen LogP contribution is -2.42. The number of nitrogens with zero attached hydrogens (tertiary/aromatic N) is 1. The third-order valence-corrected chi connectivity index (χ3v) is 4.48. The molecule has 0 heterocycles. The molecule has 1 aromatic carbocycles. The Morgan fingerprint density at radius 3 is 2.50 bits per heavy atom. The highest BCUT2D eigenvalue weighted by Gasteiger charge is 2.28. The maximum absolute atomic E-state index is 13.9. The van der Waals surface area contributed by atoms with Crippen LogP contribution in [-0.2, 0) is 0 Å². The smallest absolute Gasteiger partial charge is 0.128 e. The molecule has 2 nitrogen and oxygen atoms in total. The zero-order valence-corrected chi connectivity index (χ0v) is 12.3. The van der Waals surface area contributed by atoms with Crippen LogP contribution in [0.1, 0.15) is 51.1 Å². The van der Waals surface area contributed by atoms with E-state index in [1.54, 1.807) is 0 Å². The van der Waals surface area contributed by atoms with Gasteiger partial charge in [0.15, 0.2) is 0 Å². The molecule has 0 spiro atoms. The summed E-state index contributed by atoms with van der Waals surface area (Å²) in [5.74, 6) is -0.708. The van der Waals surface area contributed by atoms with Crippen molar-refractivity contribution in [1.82, 2.24) is 4.90 Å². The summed E-state index contributed by atoms with van der Waals surface area (Å²) in [5.41, 5.74) is 6.39.